The Morgan fingerprint density at radius 1 is 1.07 bits per heavy atom. The van der Waals surface area contributed by atoms with Crippen molar-refractivity contribution in [2.75, 3.05) is 24.4 Å². The molecule has 146 valence electrons. The van der Waals surface area contributed by atoms with Crippen molar-refractivity contribution in [1.29, 1.82) is 0 Å². The summed E-state index contributed by atoms with van der Waals surface area (Å²) in [5.41, 5.74) is 2.54. The van der Waals surface area contributed by atoms with Gasteiger partial charge in [-0.05, 0) is 30.2 Å². The van der Waals surface area contributed by atoms with Crippen molar-refractivity contribution in [2.45, 2.75) is 19.9 Å². The van der Waals surface area contributed by atoms with Gasteiger partial charge in [-0.3, -0.25) is 4.98 Å². The zero-order chi connectivity index (χ0) is 19.9. The summed E-state index contributed by atoms with van der Waals surface area (Å²) in [4.78, 5) is 13.3. The number of hydrogen-bond acceptors (Lipinski definition) is 7. The zero-order valence-corrected chi connectivity index (χ0v) is 16.3. The SMILES string of the molecule is COc1cccc(Nc2cc(-c3ccncc3)nc(N[C@H](CO)C(C)C)n2)c1. The molecule has 7 heteroatoms. The molecule has 1 atom stereocenters. The van der Waals surface area contributed by atoms with E-state index in [1.165, 1.54) is 0 Å². The summed E-state index contributed by atoms with van der Waals surface area (Å²) < 4.78 is 5.28. The van der Waals surface area contributed by atoms with Gasteiger partial charge in [-0.25, -0.2) is 4.98 Å². The first kappa shape index (κ1) is 19.6. The number of methoxy groups -OCH3 is 1. The van der Waals surface area contributed by atoms with Crippen LogP contribution in [-0.4, -0.2) is 39.8 Å². The third-order valence-electron chi connectivity index (χ3n) is 4.36. The van der Waals surface area contributed by atoms with Gasteiger partial charge in [0.15, 0.2) is 0 Å². The van der Waals surface area contributed by atoms with Crippen LogP contribution in [0, 0.1) is 5.92 Å². The van der Waals surface area contributed by atoms with Crippen molar-refractivity contribution in [3.63, 3.8) is 0 Å². The van der Waals surface area contributed by atoms with Gasteiger partial charge in [0.25, 0.3) is 0 Å². The number of rotatable bonds is 8. The molecule has 28 heavy (non-hydrogen) atoms. The summed E-state index contributed by atoms with van der Waals surface area (Å²) >= 11 is 0. The van der Waals surface area contributed by atoms with Crippen LogP contribution in [0.5, 0.6) is 5.75 Å². The van der Waals surface area contributed by atoms with Gasteiger partial charge in [0.2, 0.25) is 5.95 Å². The molecule has 3 aromatic rings. The normalized spacial score (nSPS) is 11.9. The van der Waals surface area contributed by atoms with Gasteiger partial charge in [-0.2, -0.15) is 4.98 Å². The van der Waals surface area contributed by atoms with Gasteiger partial charge in [0, 0.05) is 35.8 Å². The number of aliphatic hydroxyl groups excluding tert-OH is 1. The van der Waals surface area contributed by atoms with E-state index in [0.717, 1.165) is 22.7 Å². The van der Waals surface area contributed by atoms with Crippen LogP contribution in [0.1, 0.15) is 13.8 Å². The van der Waals surface area contributed by atoms with Crippen molar-refractivity contribution in [3.05, 3.63) is 54.9 Å². The molecular weight excluding hydrogens is 354 g/mol. The molecule has 0 aliphatic rings. The topological polar surface area (TPSA) is 92.2 Å². The molecule has 0 amide bonds. The maximum absolute atomic E-state index is 9.65. The van der Waals surface area contributed by atoms with E-state index in [1.54, 1.807) is 19.5 Å². The summed E-state index contributed by atoms with van der Waals surface area (Å²) in [5.74, 6) is 2.07. The second-order valence-corrected chi connectivity index (χ2v) is 6.73. The first-order chi connectivity index (χ1) is 13.6. The smallest absolute Gasteiger partial charge is 0.225 e. The first-order valence-corrected chi connectivity index (χ1v) is 9.17. The van der Waals surface area contributed by atoms with Crippen molar-refractivity contribution in [2.24, 2.45) is 5.92 Å². The largest absolute Gasteiger partial charge is 0.497 e. The van der Waals surface area contributed by atoms with Gasteiger partial charge in [-0.15, -0.1) is 0 Å². The summed E-state index contributed by atoms with van der Waals surface area (Å²) in [6.45, 7) is 4.07. The Morgan fingerprint density at radius 2 is 1.86 bits per heavy atom. The monoisotopic (exact) mass is 379 g/mol. The summed E-state index contributed by atoms with van der Waals surface area (Å²) in [7, 11) is 1.63. The Balaban J connectivity index is 1.96. The van der Waals surface area contributed by atoms with E-state index in [2.05, 4.69) is 25.6 Å². The maximum Gasteiger partial charge on any atom is 0.225 e. The standard InChI is InChI=1S/C21H25N5O2/c1-14(2)19(13-27)25-21-24-18(15-7-9-22-10-8-15)12-20(26-21)23-16-5-4-6-17(11-16)28-3/h4-12,14,19,27H,13H2,1-3H3,(H2,23,24,25,26)/t19-/m1/s1. The highest BCUT2D eigenvalue weighted by atomic mass is 16.5. The lowest BCUT2D eigenvalue weighted by Gasteiger charge is -2.20. The number of aliphatic hydroxyl groups is 1. The molecule has 0 saturated carbocycles. The van der Waals surface area contributed by atoms with Crippen LogP contribution >= 0.6 is 0 Å². The summed E-state index contributed by atoms with van der Waals surface area (Å²) in [5, 5.41) is 16.2. The van der Waals surface area contributed by atoms with Crippen molar-refractivity contribution in [3.8, 4) is 17.0 Å². The quantitative estimate of drug-likeness (QED) is 0.549. The van der Waals surface area contributed by atoms with Crippen LogP contribution in [0.25, 0.3) is 11.3 Å². The predicted octanol–water partition coefficient (Wildman–Crippen LogP) is 3.72. The molecule has 0 unspecified atom stereocenters. The third kappa shape index (κ3) is 4.95. The van der Waals surface area contributed by atoms with Crippen molar-refractivity contribution >= 4 is 17.5 Å². The molecule has 0 radical (unpaired) electrons. The van der Waals surface area contributed by atoms with Gasteiger partial charge >= 0.3 is 0 Å². The minimum Gasteiger partial charge on any atom is -0.497 e. The Morgan fingerprint density at radius 3 is 2.54 bits per heavy atom. The highest BCUT2D eigenvalue weighted by Gasteiger charge is 2.15. The molecule has 2 aromatic heterocycles. The van der Waals surface area contributed by atoms with Gasteiger partial charge in [-0.1, -0.05) is 19.9 Å². The van der Waals surface area contributed by atoms with E-state index in [1.807, 2.05) is 56.3 Å². The molecule has 7 nitrogen and oxygen atoms in total. The maximum atomic E-state index is 9.65. The first-order valence-electron chi connectivity index (χ1n) is 9.17. The highest BCUT2D eigenvalue weighted by Crippen LogP contribution is 2.25. The van der Waals surface area contributed by atoms with Crippen LogP contribution in [-0.2, 0) is 0 Å². The minimum absolute atomic E-state index is 0.000836. The summed E-state index contributed by atoms with van der Waals surface area (Å²) in [6.07, 6.45) is 3.45. The number of ether oxygens (including phenoxy) is 1. The van der Waals surface area contributed by atoms with Gasteiger partial charge in [0.05, 0.1) is 25.5 Å². The average Bonchev–Trinajstić information content (AvgIpc) is 2.72. The molecule has 0 saturated heterocycles. The second-order valence-electron chi connectivity index (χ2n) is 6.73. The Kier molecular flexibility index (Phi) is 6.39. The average molecular weight is 379 g/mol. The van der Waals surface area contributed by atoms with Crippen molar-refractivity contribution in [1.82, 2.24) is 15.0 Å². The number of pyridine rings is 1. The van der Waals surface area contributed by atoms with E-state index in [9.17, 15) is 5.11 Å². The second kappa shape index (κ2) is 9.14. The Labute approximate surface area is 164 Å². The molecule has 2 heterocycles. The molecule has 1 aromatic carbocycles. The lowest BCUT2D eigenvalue weighted by atomic mass is 10.1. The number of aromatic nitrogens is 3. The van der Waals surface area contributed by atoms with Crippen LogP contribution in [0.4, 0.5) is 17.5 Å². The fourth-order valence-electron chi connectivity index (χ4n) is 2.68. The number of nitrogens with zero attached hydrogens (tertiary/aromatic N) is 3. The fourth-order valence-corrected chi connectivity index (χ4v) is 2.68. The predicted molar refractivity (Wildman–Crippen MR) is 111 cm³/mol. The third-order valence-corrected chi connectivity index (χ3v) is 4.36. The van der Waals surface area contributed by atoms with E-state index < -0.39 is 0 Å². The van der Waals surface area contributed by atoms with Gasteiger partial charge < -0.3 is 20.5 Å². The lowest BCUT2D eigenvalue weighted by Crippen LogP contribution is -2.30. The minimum atomic E-state index is -0.141. The van der Waals surface area contributed by atoms with Gasteiger partial charge in [0.1, 0.15) is 11.6 Å². The van der Waals surface area contributed by atoms with Crippen LogP contribution < -0.4 is 15.4 Å². The van der Waals surface area contributed by atoms with Crippen LogP contribution in [0.2, 0.25) is 0 Å². The number of benzene rings is 1. The van der Waals surface area contributed by atoms with E-state index in [-0.39, 0.29) is 18.6 Å². The number of anilines is 3. The molecule has 3 rings (SSSR count). The Hall–Kier alpha value is -3.19. The molecule has 3 N–H and O–H groups in total. The number of nitrogens with one attached hydrogen (secondary N) is 2. The molecule has 0 spiro atoms. The zero-order valence-electron chi connectivity index (χ0n) is 16.3. The van der Waals surface area contributed by atoms with Crippen molar-refractivity contribution < 1.29 is 9.84 Å². The highest BCUT2D eigenvalue weighted by molar-refractivity contribution is 5.67. The Bertz CT molecular complexity index is 902. The molecule has 0 fully saturated rings. The molecular formula is C21H25N5O2. The van der Waals surface area contributed by atoms with E-state index in [0.29, 0.717) is 11.8 Å². The van der Waals surface area contributed by atoms with E-state index >= 15 is 0 Å². The van der Waals surface area contributed by atoms with Crippen LogP contribution in [0.15, 0.2) is 54.9 Å². The van der Waals surface area contributed by atoms with Crippen LogP contribution in [0.3, 0.4) is 0 Å². The number of hydrogen-bond donors (Lipinski definition) is 3. The summed E-state index contributed by atoms with van der Waals surface area (Å²) in [6, 6.07) is 13.2. The van der Waals surface area contributed by atoms with E-state index in [4.69, 9.17) is 4.74 Å². The lowest BCUT2D eigenvalue weighted by molar-refractivity contribution is 0.248. The fraction of sp³-hybridized carbons (Fsp3) is 0.286. The molecule has 0 aliphatic carbocycles. The molecule has 0 bridgehead atoms. The molecule has 0 aliphatic heterocycles.